The van der Waals surface area contributed by atoms with Gasteiger partial charge in [0, 0.05) is 0 Å². The number of ether oxygens (including phenoxy) is 2. The zero-order chi connectivity index (χ0) is 15.9. The summed E-state index contributed by atoms with van der Waals surface area (Å²) in [6.45, 7) is 1.70. The van der Waals surface area contributed by atoms with E-state index in [9.17, 15) is 9.59 Å². The number of nitrogens with one attached hydrogen (secondary N) is 1. The van der Waals surface area contributed by atoms with Gasteiger partial charge in [0.1, 0.15) is 11.5 Å². The van der Waals surface area contributed by atoms with Crippen LogP contribution in [0, 0.1) is 0 Å². The number of benzene rings is 1. The van der Waals surface area contributed by atoms with Crippen LogP contribution in [0.4, 0.5) is 0 Å². The summed E-state index contributed by atoms with van der Waals surface area (Å²) in [5.41, 5.74) is 0.422. The molecule has 6 heteroatoms. The molecule has 0 saturated heterocycles. The highest BCUT2D eigenvalue weighted by Crippen LogP contribution is 2.14. The van der Waals surface area contributed by atoms with Gasteiger partial charge in [-0.25, -0.2) is 4.79 Å². The highest BCUT2D eigenvalue weighted by atomic mass is 16.5. The maximum atomic E-state index is 11.8. The van der Waals surface area contributed by atoms with E-state index in [2.05, 4.69) is 10.1 Å². The van der Waals surface area contributed by atoms with E-state index in [-0.39, 0.29) is 18.6 Å². The number of methoxy groups -OCH3 is 1. The summed E-state index contributed by atoms with van der Waals surface area (Å²) >= 11 is 0. The number of esters is 1. The number of hydrogen-bond donors (Lipinski definition) is 1. The van der Waals surface area contributed by atoms with Crippen LogP contribution in [-0.2, 0) is 9.53 Å². The van der Waals surface area contributed by atoms with Gasteiger partial charge in [-0.2, -0.15) is 0 Å². The van der Waals surface area contributed by atoms with E-state index < -0.39 is 5.97 Å². The molecule has 22 heavy (non-hydrogen) atoms. The monoisotopic (exact) mass is 303 g/mol. The lowest BCUT2D eigenvalue weighted by atomic mass is 10.2. The van der Waals surface area contributed by atoms with Gasteiger partial charge in [-0.3, -0.25) is 4.79 Å². The first-order valence-electron chi connectivity index (χ1n) is 6.74. The average Bonchev–Trinajstić information content (AvgIpc) is 3.07. The van der Waals surface area contributed by atoms with Crippen LogP contribution in [0.2, 0.25) is 0 Å². The van der Waals surface area contributed by atoms with Crippen LogP contribution in [0.5, 0.6) is 5.75 Å². The quantitative estimate of drug-likeness (QED) is 0.829. The van der Waals surface area contributed by atoms with Crippen molar-refractivity contribution >= 4 is 11.9 Å². The lowest BCUT2D eigenvalue weighted by Crippen LogP contribution is -2.31. The summed E-state index contributed by atoms with van der Waals surface area (Å²) < 4.78 is 15.2. The Labute approximate surface area is 128 Å². The minimum atomic E-state index is -0.420. The molecule has 1 N–H and O–H groups in total. The third kappa shape index (κ3) is 4.12. The van der Waals surface area contributed by atoms with Crippen molar-refractivity contribution in [2.45, 2.75) is 13.0 Å². The topological polar surface area (TPSA) is 77.8 Å². The van der Waals surface area contributed by atoms with Crippen LogP contribution >= 0.6 is 0 Å². The molecule has 0 bridgehead atoms. The SMILES string of the molecule is COC(=O)c1ccc(OCC(=O)NC(C)c2ccco2)cc1. The highest BCUT2D eigenvalue weighted by Gasteiger charge is 2.12. The van der Waals surface area contributed by atoms with Gasteiger partial charge in [-0.1, -0.05) is 0 Å². The molecule has 0 aliphatic rings. The Morgan fingerprint density at radius 2 is 1.95 bits per heavy atom. The molecule has 0 radical (unpaired) electrons. The number of hydrogen-bond acceptors (Lipinski definition) is 5. The predicted molar refractivity (Wildman–Crippen MR) is 78.5 cm³/mol. The molecule has 1 heterocycles. The zero-order valence-electron chi connectivity index (χ0n) is 12.4. The molecule has 2 rings (SSSR count). The molecule has 0 aliphatic heterocycles. The van der Waals surface area contributed by atoms with Crippen molar-refractivity contribution in [1.29, 1.82) is 0 Å². The smallest absolute Gasteiger partial charge is 0.337 e. The molecule has 1 amide bonds. The van der Waals surface area contributed by atoms with Gasteiger partial charge in [-0.05, 0) is 43.3 Å². The third-order valence-electron chi connectivity index (χ3n) is 2.99. The molecule has 0 saturated carbocycles. The normalized spacial score (nSPS) is 11.5. The molecule has 1 unspecified atom stereocenters. The number of carbonyl (C=O) groups excluding carboxylic acids is 2. The second-order valence-electron chi connectivity index (χ2n) is 4.61. The third-order valence-corrected chi connectivity index (χ3v) is 2.99. The fourth-order valence-electron chi connectivity index (χ4n) is 1.85. The minimum absolute atomic E-state index is 0.122. The van der Waals surface area contributed by atoms with Crippen molar-refractivity contribution in [2.24, 2.45) is 0 Å². The number of furan rings is 1. The van der Waals surface area contributed by atoms with Crippen LogP contribution < -0.4 is 10.1 Å². The second kappa shape index (κ2) is 7.31. The van der Waals surface area contributed by atoms with Crippen LogP contribution in [-0.4, -0.2) is 25.6 Å². The Hall–Kier alpha value is -2.76. The molecule has 1 atom stereocenters. The molecular weight excluding hydrogens is 286 g/mol. The summed E-state index contributed by atoms with van der Waals surface area (Å²) in [5, 5.41) is 2.76. The van der Waals surface area contributed by atoms with E-state index in [4.69, 9.17) is 9.15 Å². The van der Waals surface area contributed by atoms with E-state index in [1.165, 1.54) is 7.11 Å². The molecule has 6 nitrogen and oxygen atoms in total. The lowest BCUT2D eigenvalue weighted by Gasteiger charge is -2.12. The molecule has 116 valence electrons. The van der Waals surface area contributed by atoms with E-state index in [1.54, 1.807) is 42.7 Å². The molecule has 0 fully saturated rings. The van der Waals surface area contributed by atoms with Crippen LogP contribution in [0.3, 0.4) is 0 Å². The Morgan fingerprint density at radius 3 is 2.55 bits per heavy atom. The molecule has 0 aliphatic carbocycles. The first kappa shape index (κ1) is 15.6. The van der Waals surface area contributed by atoms with Gasteiger partial charge >= 0.3 is 5.97 Å². The Morgan fingerprint density at radius 1 is 1.23 bits per heavy atom. The average molecular weight is 303 g/mol. The van der Waals surface area contributed by atoms with Crippen molar-refractivity contribution in [1.82, 2.24) is 5.32 Å². The van der Waals surface area contributed by atoms with Crippen LogP contribution in [0.25, 0.3) is 0 Å². The van der Waals surface area contributed by atoms with Crippen LogP contribution in [0.1, 0.15) is 29.1 Å². The van der Waals surface area contributed by atoms with Gasteiger partial charge in [0.2, 0.25) is 0 Å². The fourth-order valence-corrected chi connectivity index (χ4v) is 1.85. The van der Waals surface area contributed by atoms with Crippen LogP contribution in [0.15, 0.2) is 47.1 Å². The van der Waals surface area contributed by atoms with Crippen molar-refractivity contribution in [3.05, 3.63) is 54.0 Å². The van der Waals surface area contributed by atoms with Crippen molar-refractivity contribution in [3.8, 4) is 5.75 Å². The number of amides is 1. The second-order valence-corrected chi connectivity index (χ2v) is 4.61. The summed E-state index contributed by atoms with van der Waals surface area (Å²) in [4.78, 5) is 23.1. The van der Waals surface area contributed by atoms with E-state index in [1.807, 2.05) is 6.92 Å². The fraction of sp³-hybridized carbons (Fsp3) is 0.250. The lowest BCUT2D eigenvalue weighted by molar-refractivity contribution is -0.123. The van der Waals surface area contributed by atoms with E-state index >= 15 is 0 Å². The van der Waals surface area contributed by atoms with E-state index in [0.29, 0.717) is 17.1 Å². The highest BCUT2D eigenvalue weighted by molar-refractivity contribution is 5.89. The van der Waals surface area contributed by atoms with Crippen molar-refractivity contribution in [3.63, 3.8) is 0 Å². The summed E-state index contributed by atoms with van der Waals surface area (Å²) in [5.74, 6) is 0.488. The minimum Gasteiger partial charge on any atom is -0.484 e. The molecular formula is C16H17NO5. The summed E-state index contributed by atoms with van der Waals surface area (Å²) in [7, 11) is 1.32. The zero-order valence-corrected chi connectivity index (χ0v) is 12.4. The standard InChI is InChI=1S/C16H17NO5/c1-11(14-4-3-9-21-14)17-15(18)10-22-13-7-5-12(6-8-13)16(19)20-2/h3-9,11H,10H2,1-2H3,(H,17,18). The van der Waals surface area contributed by atoms with Gasteiger partial charge in [0.05, 0.1) is 25.0 Å². The first-order valence-corrected chi connectivity index (χ1v) is 6.74. The maximum absolute atomic E-state index is 11.8. The molecule has 0 spiro atoms. The molecule has 2 aromatic rings. The van der Waals surface area contributed by atoms with Gasteiger partial charge in [-0.15, -0.1) is 0 Å². The van der Waals surface area contributed by atoms with Gasteiger partial charge in [0.25, 0.3) is 5.91 Å². The molecule has 1 aromatic carbocycles. The Balaban J connectivity index is 1.82. The summed E-state index contributed by atoms with van der Waals surface area (Å²) in [6.07, 6.45) is 1.55. The van der Waals surface area contributed by atoms with E-state index in [0.717, 1.165) is 0 Å². The van der Waals surface area contributed by atoms with Gasteiger partial charge in [0.15, 0.2) is 6.61 Å². The number of rotatable bonds is 6. The Kier molecular flexibility index (Phi) is 5.19. The van der Waals surface area contributed by atoms with Gasteiger partial charge < -0.3 is 19.2 Å². The largest absolute Gasteiger partial charge is 0.484 e. The first-order chi connectivity index (χ1) is 10.6. The van der Waals surface area contributed by atoms with Crippen molar-refractivity contribution < 1.29 is 23.5 Å². The maximum Gasteiger partial charge on any atom is 0.337 e. The molecule has 1 aromatic heterocycles. The summed E-state index contributed by atoms with van der Waals surface area (Å²) in [6, 6.07) is 9.68. The predicted octanol–water partition coefficient (Wildman–Crippen LogP) is 2.32. The Bertz CT molecular complexity index is 618. The van der Waals surface area contributed by atoms with Crippen molar-refractivity contribution in [2.75, 3.05) is 13.7 Å². The number of carbonyl (C=O) groups is 2.